The van der Waals surface area contributed by atoms with Crippen LogP contribution in [0.3, 0.4) is 0 Å². The molecule has 1 amide bonds. The van der Waals surface area contributed by atoms with Gasteiger partial charge in [-0.25, -0.2) is 4.39 Å². The molecule has 1 fully saturated rings. The van der Waals surface area contributed by atoms with Gasteiger partial charge in [-0.1, -0.05) is 32.9 Å². The van der Waals surface area contributed by atoms with Gasteiger partial charge in [0, 0.05) is 11.5 Å². The summed E-state index contributed by atoms with van der Waals surface area (Å²) >= 11 is 0. The number of amides is 1. The Morgan fingerprint density at radius 1 is 1.26 bits per heavy atom. The fourth-order valence-electron chi connectivity index (χ4n) is 4.00. The fraction of sp³-hybridized carbons (Fsp3) is 0.619. The molecule has 0 unspecified atom stereocenters. The predicted molar refractivity (Wildman–Crippen MR) is 106 cm³/mol. The molecule has 1 aliphatic heterocycles. The van der Waals surface area contributed by atoms with Crippen LogP contribution in [0, 0.1) is 17.7 Å². The molecule has 1 aliphatic carbocycles. The monoisotopic (exact) mass is 391 g/mol. The second-order valence-corrected chi connectivity index (χ2v) is 14.2. The van der Waals surface area contributed by atoms with Crippen LogP contribution in [0.5, 0.6) is 0 Å². The first-order valence-corrected chi connectivity index (χ1v) is 12.6. The lowest BCUT2D eigenvalue weighted by Gasteiger charge is -2.48. The summed E-state index contributed by atoms with van der Waals surface area (Å²) in [7, 11) is -2.02. The lowest BCUT2D eigenvalue weighted by Crippen LogP contribution is -2.67. The van der Waals surface area contributed by atoms with E-state index in [2.05, 4.69) is 39.2 Å². The van der Waals surface area contributed by atoms with Crippen LogP contribution < -0.4 is 5.32 Å². The molecule has 1 saturated heterocycles. The van der Waals surface area contributed by atoms with E-state index in [0.29, 0.717) is 24.0 Å². The van der Waals surface area contributed by atoms with Crippen molar-refractivity contribution in [2.75, 3.05) is 0 Å². The average molecular weight is 392 g/mol. The number of Topliss-reactive ketones (excluding diaryl/α,β-unsaturated/α-hetero) is 1. The van der Waals surface area contributed by atoms with Gasteiger partial charge in [0.05, 0.1) is 18.1 Å². The molecular formula is C21H30FNO3Si. The van der Waals surface area contributed by atoms with Gasteiger partial charge in [0.15, 0.2) is 14.1 Å². The normalized spacial score (nSPS) is 26.9. The van der Waals surface area contributed by atoms with Crippen LogP contribution in [0.15, 0.2) is 18.2 Å². The second-order valence-electron chi connectivity index (χ2n) is 9.42. The molecule has 148 valence electrons. The van der Waals surface area contributed by atoms with Gasteiger partial charge in [-0.05, 0) is 49.5 Å². The molecule has 0 bridgehead atoms. The molecule has 1 aromatic carbocycles. The van der Waals surface area contributed by atoms with Gasteiger partial charge in [-0.2, -0.15) is 0 Å². The Bertz CT molecular complexity index is 771. The van der Waals surface area contributed by atoms with E-state index in [1.165, 1.54) is 6.07 Å². The van der Waals surface area contributed by atoms with Crippen molar-refractivity contribution in [3.05, 3.63) is 35.1 Å². The summed E-state index contributed by atoms with van der Waals surface area (Å²) in [4.78, 5) is 25.3. The Balaban J connectivity index is 1.78. The van der Waals surface area contributed by atoms with Crippen molar-refractivity contribution in [2.45, 2.75) is 70.8 Å². The van der Waals surface area contributed by atoms with Crippen LogP contribution in [-0.4, -0.2) is 32.2 Å². The molecule has 3 rings (SSSR count). The molecule has 27 heavy (non-hydrogen) atoms. The van der Waals surface area contributed by atoms with Crippen molar-refractivity contribution < 1.29 is 18.4 Å². The zero-order valence-corrected chi connectivity index (χ0v) is 18.1. The van der Waals surface area contributed by atoms with Crippen molar-refractivity contribution >= 4 is 20.0 Å². The van der Waals surface area contributed by atoms with E-state index in [9.17, 15) is 14.0 Å². The number of hydrogen-bond acceptors (Lipinski definition) is 3. The van der Waals surface area contributed by atoms with Gasteiger partial charge < -0.3 is 9.74 Å². The van der Waals surface area contributed by atoms with Crippen LogP contribution >= 0.6 is 0 Å². The maximum Gasteiger partial charge on any atom is 0.228 e. The first kappa shape index (κ1) is 20.2. The van der Waals surface area contributed by atoms with Crippen LogP contribution in [-0.2, 0) is 15.6 Å². The quantitative estimate of drug-likeness (QED) is 0.621. The maximum absolute atomic E-state index is 14.0. The third kappa shape index (κ3) is 3.49. The molecule has 4 nitrogen and oxygen atoms in total. The van der Waals surface area contributed by atoms with E-state index in [1.54, 1.807) is 12.1 Å². The molecule has 1 heterocycles. The Kier molecular flexibility index (Phi) is 5.10. The molecular weight excluding hydrogens is 361 g/mol. The second kappa shape index (κ2) is 6.81. The molecule has 0 aromatic heterocycles. The van der Waals surface area contributed by atoms with Crippen molar-refractivity contribution in [3.63, 3.8) is 0 Å². The van der Waals surface area contributed by atoms with Crippen LogP contribution in [0.2, 0.25) is 18.1 Å². The third-order valence-electron chi connectivity index (χ3n) is 6.65. The third-order valence-corrected chi connectivity index (χ3v) is 11.2. The number of rotatable bonds is 4. The number of carbonyl (C=O) groups is 2. The highest BCUT2D eigenvalue weighted by Crippen LogP contribution is 2.41. The smallest absolute Gasteiger partial charge is 0.228 e. The first-order chi connectivity index (χ1) is 12.4. The molecule has 6 heteroatoms. The summed E-state index contributed by atoms with van der Waals surface area (Å²) in [6.45, 7) is 12.8. The number of halogens is 1. The van der Waals surface area contributed by atoms with Gasteiger partial charge in [0.25, 0.3) is 0 Å². The van der Waals surface area contributed by atoms with E-state index in [0.717, 1.165) is 0 Å². The highest BCUT2D eigenvalue weighted by atomic mass is 28.4. The zero-order chi connectivity index (χ0) is 20.1. The van der Waals surface area contributed by atoms with Crippen molar-refractivity contribution in [3.8, 4) is 0 Å². The number of nitrogens with one attached hydrogen (secondary N) is 1. The van der Waals surface area contributed by atoms with Crippen molar-refractivity contribution in [1.82, 2.24) is 5.32 Å². The van der Waals surface area contributed by atoms with E-state index in [-0.39, 0.29) is 46.5 Å². The summed E-state index contributed by atoms with van der Waals surface area (Å²) in [5.74, 6) is -1.08. The number of β-lactam (4-membered cyclic amide) rings is 1. The minimum Gasteiger partial charge on any atom is -0.413 e. The standard InChI is InChI=1S/C21H30FNO3Si/c1-12(26-27(5,6)21(2,3)4)17-18(23-20(17)25)15-11-10-13-14(19(15)24)8-7-9-16(13)22/h7-9,12,15,17-18H,10-11H2,1-6H3,(H,23,25)/t12-,15-,17-,18-/m1/s1. The van der Waals surface area contributed by atoms with Crippen LogP contribution in [0.25, 0.3) is 0 Å². The Morgan fingerprint density at radius 2 is 1.93 bits per heavy atom. The lowest BCUT2D eigenvalue weighted by atomic mass is 9.70. The Hall–Kier alpha value is -1.53. The highest BCUT2D eigenvalue weighted by Gasteiger charge is 2.52. The maximum atomic E-state index is 14.0. The summed E-state index contributed by atoms with van der Waals surface area (Å²) in [5.41, 5.74) is 0.968. The SMILES string of the molecule is C[C@@H](O[Si](C)(C)C(C)(C)C)[C@H]1C(=O)N[C@@H]1[C@H]1CCc2c(F)cccc2C1=O. The van der Waals surface area contributed by atoms with Crippen molar-refractivity contribution in [1.29, 1.82) is 0 Å². The van der Waals surface area contributed by atoms with Gasteiger partial charge >= 0.3 is 0 Å². The summed E-state index contributed by atoms with van der Waals surface area (Å²) in [6.07, 6.45) is 0.835. The predicted octanol–water partition coefficient (Wildman–Crippen LogP) is 4.10. The van der Waals surface area contributed by atoms with Crippen LogP contribution in [0.1, 0.15) is 50.0 Å². The minimum atomic E-state index is -2.02. The van der Waals surface area contributed by atoms with E-state index in [1.807, 2.05) is 6.92 Å². The molecule has 2 aliphatic rings. The van der Waals surface area contributed by atoms with E-state index in [4.69, 9.17) is 4.43 Å². The van der Waals surface area contributed by atoms with Crippen molar-refractivity contribution in [2.24, 2.45) is 11.8 Å². The van der Waals surface area contributed by atoms with Gasteiger partial charge in [0.2, 0.25) is 5.91 Å². The number of fused-ring (bicyclic) bond motifs is 1. The van der Waals surface area contributed by atoms with E-state index >= 15 is 0 Å². The molecule has 0 radical (unpaired) electrons. The molecule has 0 saturated carbocycles. The van der Waals surface area contributed by atoms with Crippen LogP contribution in [0.4, 0.5) is 4.39 Å². The molecule has 0 spiro atoms. The van der Waals surface area contributed by atoms with Gasteiger partial charge in [-0.3, -0.25) is 9.59 Å². The topological polar surface area (TPSA) is 55.4 Å². The zero-order valence-electron chi connectivity index (χ0n) is 17.1. The van der Waals surface area contributed by atoms with Gasteiger partial charge in [-0.15, -0.1) is 0 Å². The number of ketones is 1. The lowest BCUT2D eigenvalue weighted by molar-refractivity contribution is -0.141. The summed E-state index contributed by atoms with van der Waals surface area (Å²) in [6, 6.07) is 4.43. The Labute approximate surface area is 162 Å². The molecule has 4 atom stereocenters. The van der Waals surface area contributed by atoms with E-state index < -0.39 is 8.32 Å². The summed E-state index contributed by atoms with van der Waals surface area (Å²) < 4.78 is 20.4. The van der Waals surface area contributed by atoms with Gasteiger partial charge in [0.1, 0.15) is 5.82 Å². The highest BCUT2D eigenvalue weighted by molar-refractivity contribution is 6.74. The first-order valence-electron chi connectivity index (χ1n) is 9.74. The largest absolute Gasteiger partial charge is 0.413 e. The minimum absolute atomic E-state index is 0.0497. The number of carbonyl (C=O) groups excluding carboxylic acids is 2. The summed E-state index contributed by atoms with van der Waals surface area (Å²) in [5, 5.41) is 2.98. The number of benzene rings is 1. The average Bonchev–Trinajstić information content (AvgIpc) is 2.52. The fourth-order valence-corrected chi connectivity index (χ4v) is 5.43. The molecule has 1 N–H and O–H groups in total. The molecule has 1 aromatic rings. The number of hydrogen-bond donors (Lipinski definition) is 1. The Morgan fingerprint density at radius 3 is 2.52 bits per heavy atom.